The van der Waals surface area contributed by atoms with Crippen LogP contribution in [-0.2, 0) is 0 Å². The molecule has 0 aromatic rings. The van der Waals surface area contributed by atoms with Crippen LogP contribution < -0.4 is 0 Å². The highest BCUT2D eigenvalue weighted by molar-refractivity contribution is 6.51. The Labute approximate surface area is 71.3 Å². The first-order valence-electron chi connectivity index (χ1n) is 3.51. The van der Waals surface area contributed by atoms with E-state index in [1.807, 2.05) is 13.8 Å². The Hall–Kier alpha value is 0.540. The standard InChI is InChI=1S/C7H12Cl2O/c1-3-6(4-10)5(2)7(6,8)9/h5,10H,3-4H2,1-2H3/t5-,6-/m1/s1. The summed E-state index contributed by atoms with van der Waals surface area (Å²) in [5, 5.41) is 8.99. The minimum atomic E-state index is -0.684. The molecule has 0 aliphatic heterocycles. The fraction of sp³-hybridized carbons (Fsp3) is 1.00. The van der Waals surface area contributed by atoms with E-state index in [1.165, 1.54) is 0 Å². The summed E-state index contributed by atoms with van der Waals surface area (Å²) < 4.78 is -0.684. The van der Waals surface area contributed by atoms with E-state index in [4.69, 9.17) is 28.3 Å². The lowest BCUT2D eigenvalue weighted by atomic mass is 10.0. The van der Waals surface area contributed by atoms with Gasteiger partial charge in [0.25, 0.3) is 0 Å². The molecule has 1 N–H and O–H groups in total. The molecule has 0 unspecified atom stereocenters. The Morgan fingerprint density at radius 3 is 1.90 bits per heavy atom. The van der Waals surface area contributed by atoms with Gasteiger partial charge in [0.15, 0.2) is 0 Å². The smallest absolute Gasteiger partial charge is 0.129 e. The number of rotatable bonds is 2. The van der Waals surface area contributed by atoms with Gasteiger partial charge in [0, 0.05) is 11.3 Å². The Morgan fingerprint density at radius 2 is 1.90 bits per heavy atom. The first-order chi connectivity index (χ1) is 4.53. The molecule has 0 aromatic carbocycles. The average Bonchev–Trinajstić information content (AvgIpc) is 2.31. The van der Waals surface area contributed by atoms with Crippen LogP contribution in [0, 0.1) is 11.3 Å². The van der Waals surface area contributed by atoms with Crippen molar-refractivity contribution in [3.8, 4) is 0 Å². The fourth-order valence-electron chi connectivity index (χ4n) is 1.60. The lowest BCUT2D eigenvalue weighted by molar-refractivity contribution is 0.195. The Bertz CT molecular complexity index is 141. The zero-order valence-corrected chi connectivity index (χ0v) is 7.71. The third kappa shape index (κ3) is 0.744. The summed E-state index contributed by atoms with van der Waals surface area (Å²) in [6.07, 6.45) is 0.845. The van der Waals surface area contributed by atoms with Crippen LogP contribution in [0.3, 0.4) is 0 Å². The van der Waals surface area contributed by atoms with Crippen LogP contribution in [-0.4, -0.2) is 16.0 Å². The molecule has 1 nitrogen and oxygen atoms in total. The van der Waals surface area contributed by atoms with E-state index in [-0.39, 0.29) is 17.9 Å². The van der Waals surface area contributed by atoms with Crippen molar-refractivity contribution in [2.75, 3.05) is 6.61 Å². The predicted molar refractivity (Wildman–Crippen MR) is 43.4 cm³/mol. The second kappa shape index (κ2) is 2.26. The van der Waals surface area contributed by atoms with E-state index in [0.29, 0.717) is 0 Å². The molecule has 1 aliphatic rings. The highest BCUT2D eigenvalue weighted by Gasteiger charge is 2.71. The molecular weight excluding hydrogens is 171 g/mol. The first-order valence-corrected chi connectivity index (χ1v) is 4.27. The van der Waals surface area contributed by atoms with E-state index >= 15 is 0 Å². The molecule has 0 radical (unpaired) electrons. The van der Waals surface area contributed by atoms with Gasteiger partial charge in [-0.25, -0.2) is 0 Å². The number of aliphatic hydroxyl groups excluding tert-OH is 1. The molecule has 0 saturated heterocycles. The van der Waals surface area contributed by atoms with E-state index in [9.17, 15) is 0 Å². The van der Waals surface area contributed by atoms with Crippen molar-refractivity contribution in [3.63, 3.8) is 0 Å². The quantitative estimate of drug-likeness (QED) is 0.650. The molecule has 1 fully saturated rings. The van der Waals surface area contributed by atoms with Crippen LogP contribution in [0.15, 0.2) is 0 Å². The minimum Gasteiger partial charge on any atom is -0.396 e. The maximum atomic E-state index is 8.99. The van der Waals surface area contributed by atoms with Crippen molar-refractivity contribution < 1.29 is 5.11 Å². The van der Waals surface area contributed by atoms with Gasteiger partial charge in [-0.3, -0.25) is 0 Å². The van der Waals surface area contributed by atoms with Gasteiger partial charge in [-0.2, -0.15) is 0 Å². The van der Waals surface area contributed by atoms with E-state index in [0.717, 1.165) is 6.42 Å². The van der Waals surface area contributed by atoms with Crippen molar-refractivity contribution >= 4 is 23.2 Å². The third-order valence-corrected chi connectivity index (χ3v) is 4.27. The maximum Gasteiger partial charge on any atom is 0.129 e. The van der Waals surface area contributed by atoms with Crippen LogP contribution in [0.4, 0.5) is 0 Å². The van der Waals surface area contributed by atoms with Crippen LogP contribution >= 0.6 is 23.2 Å². The molecule has 0 bridgehead atoms. The van der Waals surface area contributed by atoms with Crippen molar-refractivity contribution in [1.82, 2.24) is 0 Å². The summed E-state index contributed by atoms with van der Waals surface area (Å²) in [4.78, 5) is 0. The lowest BCUT2D eigenvalue weighted by Gasteiger charge is -2.10. The summed E-state index contributed by atoms with van der Waals surface area (Å²) in [6.45, 7) is 4.07. The highest BCUT2D eigenvalue weighted by Crippen LogP contribution is 2.70. The average molecular weight is 183 g/mol. The Balaban J connectivity index is 2.73. The molecule has 10 heavy (non-hydrogen) atoms. The molecule has 3 heteroatoms. The zero-order chi connectivity index (χ0) is 7.99. The number of hydrogen-bond acceptors (Lipinski definition) is 1. The number of halogens is 2. The number of alkyl halides is 2. The fourth-order valence-corrected chi connectivity index (χ4v) is 2.63. The maximum absolute atomic E-state index is 8.99. The van der Waals surface area contributed by atoms with Gasteiger partial charge in [0.05, 0.1) is 6.61 Å². The second-order valence-electron chi connectivity index (χ2n) is 3.01. The predicted octanol–water partition coefficient (Wildman–Crippen LogP) is 2.20. The largest absolute Gasteiger partial charge is 0.396 e. The van der Waals surface area contributed by atoms with E-state index in [1.54, 1.807) is 0 Å². The first kappa shape index (κ1) is 8.63. The van der Waals surface area contributed by atoms with Crippen LogP contribution in [0.2, 0.25) is 0 Å². The minimum absolute atomic E-state index is 0.0949. The topological polar surface area (TPSA) is 20.2 Å². The summed E-state index contributed by atoms with van der Waals surface area (Å²) in [5.41, 5.74) is -0.226. The number of hydrogen-bond donors (Lipinski definition) is 1. The van der Waals surface area contributed by atoms with Gasteiger partial charge in [-0.05, 0) is 6.42 Å². The van der Waals surface area contributed by atoms with Gasteiger partial charge in [0.2, 0.25) is 0 Å². The van der Waals surface area contributed by atoms with Gasteiger partial charge < -0.3 is 5.11 Å². The molecule has 0 spiro atoms. The SMILES string of the molecule is CC[C@@]1(CO)[C@@H](C)C1(Cl)Cl. The Kier molecular flexibility index (Phi) is 1.95. The van der Waals surface area contributed by atoms with Crippen molar-refractivity contribution in [2.45, 2.75) is 24.6 Å². The number of aliphatic hydroxyl groups is 1. The van der Waals surface area contributed by atoms with Crippen LogP contribution in [0.25, 0.3) is 0 Å². The molecule has 1 saturated carbocycles. The normalized spacial score (nSPS) is 43.5. The van der Waals surface area contributed by atoms with Crippen LogP contribution in [0.5, 0.6) is 0 Å². The molecule has 0 heterocycles. The summed E-state index contributed by atoms with van der Waals surface area (Å²) >= 11 is 11.8. The van der Waals surface area contributed by atoms with Gasteiger partial charge in [-0.15, -0.1) is 23.2 Å². The zero-order valence-electron chi connectivity index (χ0n) is 6.19. The highest BCUT2D eigenvalue weighted by atomic mass is 35.5. The third-order valence-electron chi connectivity index (χ3n) is 2.87. The van der Waals surface area contributed by atoms with Crippen LogP contribution in [0.1, 0.15) is 20.3 Å². The molecular formula is C7H12Cl2O. The van der Waals surface area contributed by atoms with Gasteiger partial charge in [-0.1, -0.05) is 13.8 Å². The monoisotopic (exact) mass is 182 g/mol. The lowest BCUT2D eigenvalue weighted by Crippen LogP contribution is -2.13. The molecule has 0 aromatic heterocycles. The second-order valence-corrected chi connectivity index (χ2v) is 4.40. The van der Waals surface area contributed by atoms with E-state index in [2.05, 4.69) is 0 Å². The van der Waals surface area contributed by atoms with Crippen molar-refractivity contribution in [3.05, 3.63) is 0 Å². The molecule has 1 rings (SSSR count). The summed E-state index contributed by atoms with van der Waals surface area (Å²) in [6, 6.07) is 0. The summed E-state index contributed by atoms with van der Waals surface area (Å²) in [7, 11) is 0. The van der Waals surface area contributed by atoms with Gasteiger partial charge in [0.1, 0.15) is 4.33 Å². The van der Waals surface area contributed by atoms with Gasteiger partial charge >= 0.3 is 0 Å². The molecule has 1 aliphatic carbocycles. The van der Waals surface area contributed by atoms with Crippen molar-refractivity contribution in [1.29, 1.82) is 0 Å². The van der Waals surface area contributed by atoms with Crippen molar-refractivity contribution in [2.24, 2.45) is 11.3 Å². The Morgan fingerprint density at radius 1 is 1.50 bits per heavy atom. The van der Waals surface area contributed by atoms with E-state index < -0.39 is 4.33 Å². The molecule has 60 valence electrons. The molecule has 2 atom stereocenters. The molecule has 0 amide bonds. The summed E-state index contributed by atoms with van der Waals surface area (Å²) in [5.74, 6) is 0.221.